The summed E-state index contributed by atoms with van der Waals surface area (Å²) in [5.74, 6) is -3.18. The number of urea groups is 1. The van der Waals surface area contributed by atoms with Gasteiger partial charge in [-0.05, 0) is 68.4 Å². The van der Waals surface area contributed by atoms with Crippen LogP contribution in [-0.4, -0.2) is 96.2 Å². The Morgan fingerprint density at radius 3 is 2.24 bits per heavy atom. The topological polar surface area (TPSA) is 159 Å². The van der Waals surface area contributed by atoms with Crippen LogP contribution in [0.15, 0.2) is 65.5 Å². The lowest BCUT2D eigenvalue weighted by atomic mass is 10.1. The summed E-state index contributed by atoms with van der Waals surface area (Å²) in [6.45, 7) is 2.30. The second kappa shape index (κ2) is 16.2. The second-order valence-electron chi connectivity index (χ2n) is 12.2. The highest BCUT2D eigenvalue weighted by molar-refractivity contribution is 6.31. The number of amides is 4. The minimum absolute atomic E-state index is 0. The Kier molecular flexibility index (Phi) is 11.9. The molecule has 3 N–H and O–H groups in total. The summed E-state index contributed by atoms with van der Waals surface area (Å²) in [4.78, 5) is 60.7. The van der Waals surface area contributed by atoms with Crippen molar-refractivity contribution in [2.45, 2.75) is 38.2 Å². The van der Waals surface area contributed by atoms with Crippen molar-refractivity contribution in [3.05, 3.63) is 87.7 Å². The van der Waals surface area contributed by atoms with Gasteiger partial charge in [-0.1, -0.05) is 11.6 Å². The molecule has 5 rings (SSSR count). The number of nitrogens with one attached hydrogen (secondary N) is 2. The third-order valence-electron chi connectivity index (χ3n) is 8.70. The number of anilines is 2. The van der Waals surface area contributed by atoms with Gasteiger partial charge in [0.05, 0.1) is 56.0 Å². The zero-order valence-corrected chi connectivity index (χ0v) is 30.1. The Labute approximate surface area is 313 Å². The lowest BCUT2D eigenvalue weighted by Gasteiger charge is -2.40. The molecule has 19 heteroatoms. The summed E-state index contributed by atoms with van der Waals surface area (Å²) < 4.78 is 64.9. The fraction of sp³-hybridized carbons (Fsp3) is 0.343. The molecule has 2 heterocycles. The molecule has 54 heavy (non-hydrogen) atoms. The number of aromatic nitrogens is 2. The van der Waals surface area contributed by atoms with Gasteiger partial charge in [0.15, 0.2) is 5.82 Å². The second-order valence-corrected chi connectivity index (χ2v) is 12.7. The van der Waals surface area contributed by atoms with E-state index in [9.17, 15) is 41.8 Å². The molecule has 0 aliphatic carbocycles. The smallest absolute Gasteiger partial charge is 0.471 e. The van der Waals surface area contributed by atoms with E-state index in [0.717, 1.165) is 11.8 Å². The number of piperazine rings is 1. The maximum absolute atomic E-state index is 14.3. The zero-order valence-electron chi connectivity index (χ0n) is 29.4. The predicted molar refractivity (Wildman–Crippen MR) is 195 cm³/mol. The number of hydrogen-bond donors (Lipinski definition) is 3. The van der Waals surface area contributed by atoms with Crippen molar-refractivity contribution in [1.82, 2.24) is 19.9 Å². The van der Waals surface area contributed by atoms with Gasteiger partial charge < -0.3 is 35.1 Å². The number of benzene rings is 3. The van der Waals surface area contributed by atoms with Crippen molar-refractivity contribution in [2.75, 3.05) is 55.6 Å². The van der Waals surface area contributed by atoms with E-state index in [1.54, 1.807) is 35.4 Å². The number of hydrogen-bond acceptors (Lipinski definition) is 9. The van der Waals surface area contributed by atoms with Gasteiger partial charge in [0, 0.05) is 32.7 Å². The number of aliphatic hydroxyl groups is 1. The van der Waals surface area contributed by atoms with Gasteiger partial charge in [-0.3, -0.25) is 19.3 Å². The molecule has 4 aromatic rings. The SMILES string of the molecule is COc1ccc(N(C(=O)Nc2ccc(F)cc2)C(C)c2nc3cc(Cl)ccc3c(=O)n2N2CCN(C(=O)[C@H](NC(=O)C(F)(F)F)[C@@H](C)O)CC2)c(OC)c1.[HH].[HH]. The van der Waals surface area contributed by atoms with Crippen molar-refractivity contribution < 1.29 is 49.4 Å². The molecule has 292 valence electrons. The molecule has 0 saturated carbocycles. The van der Waals surface area contributed by atoms with Crippen LogP contribution in [0.25, 0.3) is 10.9 Å². The third-order valence-corrected chi connectivity index (χ3v) is 8.93. The third kappa shape index (κ3) is 8.44. The monoisotopic (exact) mass is 781 g/mol. The summed E-state index contributed by atoms with van der Waals surface area (Å²) in [6.07, 6.45) is -6.94. The molecule has 1 unspecified atom stereocenters. The molecule has 14 nitrogen and oxygen atoms in total. The first-order chi connectivity index (χ1) is 25.5. The van der Waals surface area contributed by atoms with Crippen LogP contribution in [0.5, 0.6) is 11.5 Å². The first-order valence-corrected chi connectivity index (χ1v) is 16.8. The summed E-state index contributed by atoms with van der Waals surface area (Å²) >= 11 is 6.29. The van der Waals surface area contributed by atoms with Gasteiger partial charge in [0.1, 0.15) is 23.4 Å². The Bertz CT molecular complexity index is 2100. The molecule has 1 aliphatic heterocycles. The number of halogens is 5. The first-order valence-electron chi connectivity index (χ1n) is 16.4. The first kappa shape index (κ1) is 39.6. The summed E-state index contributed by atoms with van der Waals surface area (Å²) in [6, 6.07) is 10.6. The van der Waals surface area contributed by atoms with E-state index in [0.29, 0.717) is 5.75 Å². The van der Waals surface area contributed by atoms with Crippen LogP contribution >= 0.6 is 11.6 Å². The quantitative estimate of drug-likeness (QED) is 0.194. The normalized spacial score (nSPS) is 14.9. The van der Waals surface area contributed by atoms with Crippen LogP contribution in [0, 0.1) is 5.82 Å². The van der Waals surface area contributed by atoms with Crippen LogP contribution in [0.2, 0.25) is 5.02 Å². The Morgan fingerprint density at radius 1 is 0.981 bits per heavy atom. The number of methoxy groups -OCH3 is 2. The molecule has 1 aliphatic rings. The van der Waals surface area contributed by atoms with Crippen molar-refractivity contribution >= 4 is 51.7 Å². The van der Waals surface area contributed by atoms with E-state index in [4.69, 9.17) is 26.1 Å². The molecule has 4 amide bonds. The maximum atomic E-state index is 14.3. The molecule has 3 atom stereocenters. The fourth-order valence-corrected chi connectivity index (χ4v) is 6.11. The molecule has 1 fully saturated rings. The van der Waals surface area contributed by atoms with Crippen LogP contribution in [0.4, 0.5) is 33.7 Å². The predicted octanol–water partition coefficient (Wildman–Crippen LogP) is 4.71. The number of fused-ring (bicyclic) bond motifs is 1. The largest absolute Gasteiger partial charge is 0.497 e. The molecule has 3 aromatic carbocycles. The van der Waals surface area contributed by atoms with Crippen LogP contribution in [0.3, 0.4) is 0 Å². The van der Waals surface area contributed by atoms with Crippen molar-refractivity contribution in [2.24, 2.45) is 0 Å². The molecule has 1 aromatic heterocycles. The molecule has 0 radical (unpaired) electrons. The summed E-state index contributed by atoms with van der Waals surface area (Å²) in [5.41, 5.74) is 0.140. The Morgan fingerprint density at radius 2 is 1.65 bits per heavy atom. The number of aliphatic hydroxyl groups excluding tert-OH is 1. The fourth-order valence-electron chi connectivity index (χ4n) is 5.95. The maximum Gasteiger partial charge on any atom is 0.471 e. The van der Waals surface area contributed by atoms with Crippen molar-refractivity contribution in [3.63, 3.8) is 0 Å². The van der Waals surface area contributed by atoms with E-state index in [-0.39, 0.29) is 67.9 Å². The number of carbonyl (C=O) groups is 3. The number of nitrogens with zero attached hydrogens (tertiary/aromatic N) is 5. The minimum Gasteiger partial charge on any atom is -0.497 e. The van der Waals surface area contributed by atoms with Gasteiger partial charge in [0.25, 0.3) is 5.56 Å². The molecule has 0 bridgehead atoms. The average molecular weight is 782 g/mol. The van der Waals surface area contributed by atoms with Crippen molar-refractivity contribution in [1.29, 1.82) is 0 Å². The summed E-state index contributed by atoms with van der Waals surface area (Å²) in [7, 11) is 2.85. The van der Waals surface area contributed by atoms with Crippen molar-refractivity contribution in [3.8, 4) is 11.5 Å². The van der Waals surface area contributed by atoms with E-state index >= 15 is 0 Å². The van der Waals surface area contributed by atoms with Gasteiger partial charge in [0.2, 0.25) is 5.91 Å². The number of rotatable bonds is 10. The lowest BCUT2D eigenvalue weighted by molar-refractivity contribution is -0.176. The van der Waals surface area contributed by atoms with Crippen LogP contribution in [-0.2, 0) is 9.59 Å². The number of ether oxygens (including phenoxy) is 2. The highest BCUT2D eigenvalue weighted by Gasteiger charge is 2.43. The number of carbonyl (C=O) groups excluding carboxylic acids is 3. The summed E-state index contributed by atoms with van der Waals surface area (Å²) in [5, 5.41) is 16.4. The molecule has 1 saturated heterocycles. The van der Waals surface area contributed by atoms with E-state index in [1.165, 1.54) is 66.3 Å². The highest BCUT2D eigenvalue weighted by atomic mass is 35.5. The minimum atomic E-state index is -5.28. The average Bonchev–Trinajstić information content (AvgIpc) is 3.13. The number of alkyl halides is 3. The van der Waals surface area contributed by atoms with Crippen LogP contribution in [0.1, 0.15) is 28.6 Å². The zero-order chi connectivity index (χ0) is 39.5. The molecule has 0 spiro atoms. The Hall–Kier alpha value is -5.62. The van der Waals surface area contributed by atoms with E-state index in [2.05, 4.69) is 5.32 Å². The van der Waals surface area contributed by atoms with E-state index < -0.39 is 53.6 Å². The van der Waals surface area contributed by atoms with Crippen LogP contribution < -0.4 is 35.6 Å². The molecular weight excluding hydrogens is 742 g/mol. The standard InChI is InChI=1S/C35H36ClF4N7O7.2H2/c1-19(46(27-12-10-24(53-3)18-28(27)54-4)34(52)41-23-8-6-22(37)7-9-23)30-42-26-17-21(36)5-11-25(26)31(49)47(30)45-15-13-44(14-16-45)32(50)29(20(2)48)43-33(51)35(38,39)40;;/h5-12,17-20,29,48H,13-16H2,1-4H3,(H,41,52)(H,43,51);2*1H/t19?,20-,29-;;/m1../s1. The van der Waals surface area contributed by atoms with Gasteiger partial charge in [-0.2, -0.15) is 13.2 Å². The van der Waals surface area contributed by atoms with E-state index in [1.807, 2.05) is 0 Å². The molecular formula is C35H40ClF4N7O7. The van der Waals surface area contributed by atoms with Gasteiger partial charge in [-0.25, -0.2) is 18.8 Å². The lowest BCUT2D eigenvalue weighted by Crippen LogP contribution is -2.61. The van der Waals surface area contributed by atoms with Gasteiger partial charge >= 0.3 is 18.1 Å². The highest BCUT2D eigenvalue weighted by Crippen LogP contribution is 2.37. The van der Waals surface area contributed by atoms with Gasteiger partial charge in [-0.15, -0.1) is 0 Å². The Balaban J connectivity index is 0.00000420.